The number of benzene rings is 1. The van der Waals surface area contributed by atoms with E-state index in [2.05, 4.69) is 0 Å². The highest BCUT2D eigenvalue weighted by molar-refractivity contribution is 7.88. The van der Waals surface area contributed by atoms with Gasteiger partial charge in [0.15, 0.2) is 0 Å². The Morgan fingerprint density at radius 2 is 2.00 bits per heavy atom. The van der Waals surface area contributed by atoms with Gasteiger partial charge in [0.1, 0.15) is 11.8 Å². The fourth-order valence-corrected chi connectivity index (χ4v) is 3.97. The number of likely N-dealkylation sites (N-methyl/N-ethyl adjacent to an activating group) is 1. The van der Waals surface area contributed by atoms with E-state index in [1.165, 1.54) is 12.0 Å². The summed E-state index contributed by atoms with van der Waals surface area (Å²) < 4.78 is 30.1. The standard InChI is InChI=1S/C15H20N2O6S/c1-4-16-12(18)9-17(24(3,21)22)14(15(19)20)13(16)10-7-5-6-8-11(10)23-2/h5-8,13-14H,4,9H2,1-3H3,(H,19,20)/t13-,14+/m1/s1. The summed E-state index contributed by atoms with van der Waals surface area (Å²) in [6.07, 6.45) is 0.900. The van der Waals surface area contributed by atoms with Crippen LogP contribution < -0.4 is 4.74 Å². The van der Waals surface area contributed by atoms with Crippen LogP contribution in [-0.4, -0.2) is 67.1 Å². The van der Waals surface area contributed by atoms with E-state index < -0.39 is 40.5 Å². The normalized spacial score (nSPS) is 22.5. The fourth-order valence-electron chi connectivity index (χ4n) is 3.01. The Balaban J connectivity index is 2.68. The van der Waals surface area contributed by atoms with E-state index in [9.17, 15) is 23.1 Å². The van der Waals surface area contributed by atoms with Crippen LogP contribution in [0.2, 0.25) is 0 Å². The van der Waals surface area contributed by atoms with E-state index in [1.54, 1.807) is 31.2 Å². The van der Waals surface area contributed by atoms with Gasteiger partial charge in [0.25, 0.3) is 0 Å². The molecule has 2 rings (SSSR count). The topological polar surface area (TPSA) is 104 Å². The van der Waals surface area contributed by atoms with Crippen LogP contribution in [0.1, 0.15) is 18.5 Å². The zero-order chi connectivity index (χ0) is 18.1. The van der Waals surface area contributed by atoms with Crippen molar-refractivity contribution in [2.24, 2.45) is 0 Å². The van der Waals surface area contributed by atoms with Crippen LogP contribution in [0, 0.1) is 0 Å². The number of carboxylic acid groups (broad SMARTS) is 1. The minimum atomic E-state index is -3.88. The molecule has 132 valence electrons. The van der Waals surface area contributed by atoms with Gasteiger partial charge in [-0.15, -0.1) is 0 Å². The average molecular weight is 356 g/mol. The number of rotatable bonds is 5. The van der Waals surface area contributed by atoms with E-state index >= 15 is 0 Å². The van der Waals surface area contributed by atoms with Gasteiger partial charge in [-0.25, -0.2) is 8.42 Å². The monoisotopic (exact) mass is 356 g/mol. The molecule has 0 unspecified atom stereocenters. The van der Waals surface area contributed by atoms with Gasteiger partial charge < -0.3 is 14.7 Å². The van der Waals surface area contributed by atoms with Crippen LogP contribution in [0.25, 0.3) is 0 Å². The first kappa shape index (κ1) is 18.2. The molecule has 9 heteroatoms. The SMILES string of the molecule is CCN1C(=O)CN(S(C)(=O)=O)[C@H](C(=O)O)[C@H]1c1ccccc1OC. The quantitative estimate of drug-likeness (QED) is 0.814. The molecule has 1 amide bonds. The van der Waals surface area contributed by atoms with Gasteiger partial charge in [-0.05, 0) is 13.0 Å². The lowest BCUT2D eigenvalue weighted by molar-refractivity contribution is -0.152. The van der Waals surface area contributed by atoms with E-state index in [4.69, 9.17) is 4.74 Å². The smallest absolute Gasteiger partial charge is 0.324 e. The largest absolute Gasteiger partial charge is 0.496 e. The fraction of sp³-hybridized carbons (Fsp3) is 0.467. The lowest BCUT2D eigenvalue weighted by Crippen LogP contribution is -2.61. The van der Waals surface area contributed by atoms with Gasteiger partial charge in [0, 0.05) is 12.1 Å². The van der Waals surface area contributed by atoms with Crippen LogP contribution in [0.3, 0.4) is 0 Å². The zero-order valence-electron chi connectivity index (χ0n) is 13.7. The summed E-state index contributed by atoms with van der Waals surface area (Å²) in [7, 11) is -2.45. The Kier molecular flexibility index (Phi) is 5.14. The lowest BCUT2D eigenvalue weighted by Gasteiger charge is -2.44. The molecule has 0 saturated carbocycles. The Labute approximate surface area is 140 Å². The van der Waals surface area contributed by atoms with Crippen LogP contribution in [0.5, 0.6) is 5.75 Å². The second-order valence-electron chi connectivity index (χ2n) is 5.46. The van der Waals surface area contributed by atoms with Gasteiger partial charge in [-0.1, -0.05) is 18.2 Å². The third kappa shape index (κ3) is 3.22. The second kappa shape index (κ2) is 6.78. The summed E-state index contributed by atoms with van der Waals surface area (Å²) in [5, 5.41) is 9.68. The molecule has 8 nitrogen and oxygen atoms in total. The molecule has 1 fully saturated rings. The maximum atomic E-state index is 12.4. The van der Waals surface area contributed by atoms with Gasteiger partial charge in [-0.3, -0.25) is 9.59 Å². The van der Waals surface area contributed by atoms with Crippen molar-refractivity contribution in [2.45, 2.75) is 19.0 Å². The van der Waals surface area contributed by atoms with E-state index in [0.717, 1.165) is 10.6 Å². The number of methoxy groups -OCH3 is 1. The summed E-state index contributed by atoms with van der Waals surface area (Å²) in [6, 6.07) is 4.29. The highest BCUT2D eigenvalue weighted by atomic mass is 32.2. The number of hydrogen-bond donors (Lipinski definition) is 1. The second-order valence-corrected chi connectivity index (χ2v) is 7.39. The first-order chi connectivity index (χ1) is 11.2. The zero-order valence-corrected chi connectivity index (χ0v) is 14.5. The van der Waals surface area contributed by atoms with Crippen LogP contribution in [0.15, 0.2) is 24.3 Å². The predicted molar refractivity (Wildman–Crippen MR) is 86.1 cm³/mol. The molecular formula is C15H20N2O6S. The number of sulfonamides is 1. The molecule has 2 atom stereocenters. The third-order valence-corrected chi connectivity index (χ3v) is 5.24. The third-order valence-electron chi connectivity index (χ3n) is 4.03. The van der Waals surface area contributed by atoms with E-state index in [1.807, 2.05) is 0 Å². The summed E-state index contributed by atoms with van der Waals surface area (Å²) in [5.41, 5.74) is 0.455. The first-order valence-corrected chi connectivity index (χ1v) is 9.19. The number of carbonyl (C=O) groups excluding carboxylic acids is 1. The number of carbonyl (C=O) groups is 2. The van der Waals surface area contributed by atoms with Crippen molar-refractivity contribution in [1.29, 1.82) is 0 Å². The van der Waals surface area contributed by atoms with E-state index in [-0.39, 0.29) is 6.54 Å². The summed E-state index contributed by atoms with van der Waals surface area (Å²) >= 11 is 0. The van der Waals surface area contributed by atoms with Gasteiger partial charge in [0.05, 0.1) is 26.0 Å². The van der Waals surface area contributed by atoms with Crippen molar-refractivity contribution in [1.82, 2.24) is 9.21 Å². The van der Waals surface area contributed by atoms with Crippen molar-refractivity contribution < 1.29 is 27.9 Å². The number of nitrogens with zero attached hydrogens (tertiary/aromatic N) is 2. The number of piperazine rings is 1. The van der Waals surface area contributed by atoms with Crippen molar-refractivity contribution in [3.63, 3.8) is 0 Å². The molecule has 1 aromatic rings. The molecule has 1 aromatic carbocycles. The Morgan fingerprint density at radius 1 is 1.38 bits per heavy atom. The number of ether oxygens (including phenoxy) is 1. The summed E-state index contributed by atoms with van der Waals surface area (Å²) in [4.78, 5) is 25.7. The van der Waals surface area contributed by atoms with Crippen molar-refractivity contribution >= 4 is 21.9 Å². The van der Waals surface area contributed by atoms with Crippen molar-refractivity contribution in [3.8, 4) is 5.75 Å². The van der Waals surface area contributed by atoms with Crippen LogP contribution >= 0.6 is 0 Å². The number of aliphatic carboxylic acids is 1. The molecule has 0 aromatic heterocycles. The average Bonchev–Trinajstić information content (AvgIpc) is 2.52. The molecule has 1 saturated heterocycles. The first-order valence-electron chi connectivity index (χ1n) is 7.34. The number of carboxylic acids is 1. The molecule has 0 spiro atoms. The predicted octanol–water partition coefficient (Wildman–Crippen LogP) is 0.313. The summed E-state index contributed by atoms with van der Waals surface area (Å²) in [6.45, 7) is 1.48. The van der Waals surface area contributed by atoms with E-state index in [0.29, 0.717) is 11.3 Å². The highest BCUT2D eigenvalue weighted by Crippen LogP contribution is 2.37. The molecule has 0 bridgehead atoms. The minimum Gasteiger partial charge on any atom is -0.496 e. The molecule has 1 heterocycles. The Hall–Kier alpha value is -2.13. The van der Waals surface area contributed by atoms with Crippen molar-refractivity contribution in [3.05, 3.63) is 29.8 Å². The molecular weight excluding hydrogens is 336 g/mol. The maximum Gasteiger partial charge on any atom is 0.324 e. The Bertz CT molecular complexity index is 748. The summed E-state index contributed by atoms with van der Waals surface area (Å²) in [5.74, 6) is -1.37. The van der Waals surface area contributed by atoms with Gasteiger partial charge >= 0.3 is 5.97 Å². The molecule has 1 aliphatic heterocycles. The minimum absolute atomic E-state index is 0.253. The lowest BCUT2D eigenvalue weighted by atomic mass is 9.94. The van der Waals surface area contributed by atoms with Crippen LogP contribution in [-0.2, 0) is 19.6 Å². The van der Waals surface area contributed by atoms with Gasteiger partial charge in [-0.2, -0.15) is 4.31 Å². The number of para-hydroxylation sites is 1. The molecule has 1 aliphatic rings. The Morgan fingerprint density at radius 3 is 2.50 bits per heavy atom. The van der Waals surface area contributed by atoms with Crippen molar-refractivity contribution in [2.75, 3.05) is 26.5 Å². The molecule has 1 N–H and O–H groups in total. The number of hydrogen-bond acceptors (Lipinski definition) is 5. The maximum absolute atomic E-state index is 12.4. The molecule has 24 heavy (non-hydrogen) atoms. The van der Waals surface area contributed by atoms with Crippen LogP contribution in [0.4, 0.5) is 0 Å². The molecule has 0 aliphatic carbocycles. The molecule has 0 radical (unpaired) electrons. The van der Waals surface area contributed by atoms with Gasteiger partial charge in [0.2, 0.25) is 15.9 Å². The number of amides is 1. The highest BCUT2D eigenvalue weighted by Gasteiger charge is 2.49.